The molecule has 3 N–H and O–H groups in total. The molecule has 0 bridgehead atoms. The second-order valence-electron chi connectivity index (χ2n) is 2.58. The molecule has 5 heteroatoms. The molecule has 73 valence electrons. The Bertz CT molecular complexity index is 329. The van der Waals surface area contributed by atoms with Crippen LogP contribution in [-0.4, -0.2) is 18.1 Å². The molecule has 4 nitrogen and oxygen atoms in total. The summed E-state index contributed by atoms with van der Waals surface area (Å²) in [6.45, 7) is 1.38. The summed E-state index contributed by atoms with van der Waals surface area (Å²) >= 11 is 0. The van der Waals surface area contributed by atoms with Gasteiger partial charge in [-0.1, -0.05) is 5.69 Å². The van der Waals surface area contributed by atoms with E-state index in [0.29, 0.717) is 11.4 Å². The first kappa shape index (κ1) is 13.4. The molecule has 1 amide bonds. The summed E-state index contributed by atoms with van der Waals surface area (Å²) in [6, 6.07) is 5.85. The molecule has 14 heavy (non-hydrogen) atoms. The first-order valence-corrected chi connectivity index (χ1v) is 3.83. The number of amides is 1. The van der Waals surface area contributed by atoms with Crippen molar-refractivity contribution in [2.45, 2.75) is 6.92 Å². The van der Waals surface area contributed by atoms with Gasteiger partial charge in [0, 0.05) is 52.4 Å². The van der Waals surface area contributed by atoms with Crippen molar-refractivity contribution in [2.24, 2.45) is 0 Å². The molecule has 0 unspecified atom stereocenters. The first-order chi connectivity index (χ1) is 6.13. The average Bonchev–Trinajstić information content (AvgIpc) is 2.08. The van der Waals surface area contributed by atoms with Gasteiger partial charge >= 0.3 is 0 Å². The number of carbonyl (C=O) groups is 1. The maximum absolute atomic E-state index is 10.7. The fourth-order valence-electron chi connectivity index (χ4n) is 0.914. The van der Waals surface area contributed by atoms with E-state index in [4.69, 9.17) is 0 Å². The van der Waals surface area contributed by atoms with E-state index in [2.05, 4.69) is 16.7 Å². The Morgan fingerprint density at radius 3 is 2.64 bits per heavy atom. The van der Waals surface area contributed by atoms with Gasteiger partial charge < -0.3 is 15.7 Å². The van der Waals surface area contributed by atoms with Crippen molar-refractivity contribution in [1.29, 1.82) is 0 Å². The van der Waals surface area contributed by atoms with E-state index in [0.717, 1.165) is 0 Å². The van der Waals surface area contributed by atoms with Crippen molar-refractivity contribution in [2.75, 3.05) is 17.7 Å². The number of benzene rings is 1. The summed E-state index contributed by atoms with van der Waals surface area (Å²) in [6.07, 6.45) is 0. The van der Waals surface area contributed by atoms with Crippen molar-refractivity contribution < 1.29 is 42.6 Å². The quantitative estimate of drug-likeness (QED) is 0.557. The Hall–Kier alpha value is -0.606. The molecule has 0 saturated heterocycles. The van der Waals surface area contributed by atoms with E-state index in [9.17, 15) is 9.90 Å². The number of hydrogen-bond donors (Lipinski definition) is 3. The maximum Gasteiger partial charge on any atom is 0.210 e. The van der Waals surface area contributed by atoms with Crippen LogP contribution < -0.4 is 10.6 Å². The van der Waals surface area contributed by atoms with Crippen LogP contribution in [0, 0.1) is 6.07 Å². The summed E-state index contributed by atoms with van der Waals surface area (Å²) < 4.78 is 0. The van der Waals surface area contributed by atoms with Gasteiger partial charge in [-0.25, -0.2) is 0 Å². The van der Waals surface area contributed by atoms with Crippen LogP contribution in [0.1, 0.15) is 6.92 Å². The van der Waals surface area contributed by atoms with E-state index >= 15 is 0 Å². The number of hydrogen-bond acceptors (Lipinski definition) is 3. The third-order valence-electron chi connectivity index (χ3n) is 1.51. The molecule has 0 spiro atoms. The second-order valence-corrected chi connectivity index (χ2v) is 2.58. The predicted molar refractivity (Wildman–Crippen MR) is 50.8 cm³/mol. The second kappa shape index (κ2) is 5.99. The largest absolute Gasteiger partial charge is 0.531 e. The van der Waals surface area contributed by atoms with Crippen LogP contribution in [0.15, 0.2) is 12.1 Å². The van der Waals surface area contributed by atoms with E-state index in [1.807, 2.05) is 0 Å². The summed E-state index contributed by atoms with van der Waals surface area (Å²) in [7, 11) is 1.73. The number of phenols is 1. The standard InChI is InChI=1S/C9H11N2O2.Y/c1-6(12)11-8-4-3-7(10-2)5-9(8)13;/h4-5,10,13H,1-2H3,(H,11,12);/q-1;. The number of carbonyl (C=O) groups excluding carboxylic acids is 1. The topological polar surface area (TPSA) is 61.4 Å². The van der Waals surface area contributed by atoms with Crippen LogP contribution in [0.4, 0.5) is 11.4 Å². The van der Waals surface area contributed by atoms with E-state index < -0.39 is 0 Å². The molecule has 0 fully saturated rings. The minimum Gasteiger partial charge on any atom is -0.531 e. The van der Waals surface area contributed by atoms with Crippen LogP contribution in [0.2, 0.25) is 0 Å². The summed E-state index contributed by atoms with van der Waals surface area (Å²) in [5.41, 5.74) is 1.04. The first-order valence-electron chi connectivity index (χ1n) is 3.83. The molecule has 0 atom stereocenters. The third-order valence-corrected chi connectivity index (χ3v) is 1.51. The van der Waals surface area contributed by atoms with E-state index in [-0.39, 0.29) is 44.4 Å². The maximum atomic E-state index is 10.7. The fourth-order valence-corrected chi connectivity index (χ4v) is 0.914. The van der Waals surface area contributed by atoms with Gasteiger partial charge in [-0.3, -0.25) is 4.79 Å². The molecule has 0 aliphatic rings. The molecule has 1 aromatic carbocycles. The Morgan fingerprint density at radius 1 is 1.57 bits per heavy atom. The molecule has 1 rings (SSSR count). The van der Waals surface area contributed by atoms with E-state index in [1.165, 1.54) is 19.1 Å². The van der Waals surface area contributed by atoms with Crippen LogP contribution >= 0.6 is 0 Å². The normalized spacial score (nSPS) is 8.71. The molecule has 0 heterocycles. The zero-order valence-electron chi connectivity index (χ0n) is 8.09. The molecule has 0 saturated carbocycles. The zero-order chi connectivity index (χ0) is 9.84. The van der Waals surface area contributed by atoms with Crippen LogP contribution in [0.3, 0.4) is 0 Å². The smallest absolute Gasteiger partial charge is 0.210 e. The van der Waals surface area contributed by atoms with Crippen molar-refractivity contribution in [3.8, 4) is 5.75 Å². The van der Waals surface area contributed by atoms with Crippen LogP contribution in [-0.2, 0) is 37.5 Å². The number of phenolic OH excluding ortho intramolecular Hbond substituents is 1. The van der Waals surface area contributed by atoms with Crippen molar-refractivity contribution in [3.63, 3.8) is 0 Å². The van der Waals surface area contributed by atoms with Crippen LogP contribution in [0.25, 0.3) is 0 Å². The Morgan fingerprint density at radius 2 is 2.21 bits per heavy atom. The summed E-state index contributed by atoms with van der Waals surface area (Å²) in [5.74, 6) is -0.195. The van der Waals surface area contributed by atoms with Gasteiger partial charge in [-0.2, -0.15) is 6.07 Å². The minimum absolute atomic E-state index is 0. The predicted octanol–water partition coefficient (Wildman–Crippen LogP) is 1.19. The number of nitrogens with one attached hydrogen (secondary N) is 2. The SMILES string of the molecule is CNc1[c-]cc(NC(C)=O)c(O)c1.[Y]. The molecule has 1 aromatic rings. The third kappa shape index (κ3) is 3.64. The van der Waals surface area contributed by atoms with Gasteiger partial charge in [0.15, 0.2) is 0 Å². The van der Waals surface area contributed by atoms with Gasteiger partial charge in [-0.15, -0.1) is 12.1 Å². The summed E-state index contributed by atoms with van der Waals surface area (Å²) in [4.78, 5) is 10.7. The van der Waals surface area contributed by atoms with Crippen molar-refractivity contribution in [1.82, 2.24) is 0 Å². The van der Waals surface area contributed by atoms with Gasteiger partial charge in [0.25, 0.3) is 0 Å². The monoisotopic (exact) mass is 268 g/mol. The average molecular weight is 268 g/mol. The minimum atomic E-state index is -0.221. The van der Waals surface area contributed by atoms with E-state index in [1.54, 1.807) is 7.05 Å². The van der Waals surface area contributed by atoms with Crippen molar-refractivity contribution >= 4 is 17.3 Å². The molecule has 1 radical (unpaired) electrons. The van der Waals surface area contributed by atoms with Crippen LogP contribution in [0.5, 0.6) is 5.75 Å². The Balaban J connectivity index is 0.00000169. The molecule has 0 aromatic heterocycles. The van der Waals surface area contributed by atoms with Gasteiger partial charge in [0.2, 0.25) is 5.91 Å². The fraction of sp³-hybridized carbons (Fsp3) is 0.222. The zero-order valence-corrected chi connectivity index (χ0v) is 10.9. The van der Waals surface area contributed by atoms with Gasteiger partial charge in [-0.05, 0) is 5.69 Å². The Labute approximate surface area is 108 Å². The van der Waals surface area contributed by atoms with Gasteiger partial charge in [0.05, 0.1) is 0 Å². The number of rotatable bonds is 2. The molecule has 0 aliphatic carbocycles. The molecular weight excluding hydrogens is 257 g/mol. The van der Waals surface area contributed by atoms with Crippen molar-refractivity contribution in [3.05, 3.63) is 18.2 Å². The number of anilines is 2. The molecule has 0 aliphatic heterocycles. The number of aromatic hydroxyl groups is 1. The molecular formula is C9H11N2O2Y-. The Kier molecular flexibility index (Phi) is 5.73. The summed E-state index contributed by atoms with van der Waals surface area (Å²) in [5, 5.41) is 14.7. The van der Waals surface area contributed by atoms with Gasteiger partial charge in [0.1, 0.15) is 0 Å².